The zero-order valence-electron chi connectivity index (χ0n) is 13.4. The topological polar surface area (TPSA) is 107 Å². The number of hydrogen-bond acceptors (Lipinski definition) is 5. The Morgan fingerprint density at radius 2 is 2.04 bits per heavy atom. The number of ether oxygens (including phenoxy) is 1. The molecule has 2 aromatic rings. The third-order valence-corrected chi connectivity index (χ3v) is 5.08. The monoisotopic (exact) mass is 375 g/mol. The molecule has 3 N–H and O–H groups in total. The molecule has 2 aromatic carbocycles. The number of carbonyl (C=O) groups is 2. The van der Waals surface area contributed by atoms with E-state index < -0.39 is 17.5 Å². The van der Waals surface area contributed by atoms with Gasteiger partial charge in [-0.25, -0.2) is 4.79 Å². The van der Waals surface area contributed by atoms with Crippen molar-refractivity contribution >= 4 is 29.2 Å². The molecule has 1 amide bonds. The Balaban J connectivity index is 1.92. The number of fused-ring (bicyclic) bond motifs is 2. The number of phenolic OH excluding ortho intramolecular Hbond substituents is 1. The molecule has 8 heteroatoms. The first-order valence-electron chi connectivity index (χ1n) is 7.88. The molecule has 2 aliphatic rings. The van der Waals surface area contributed by atoms with E-state index in [9.17, 15) is 19.8 Å². The molecule has 0 saturated carbocycles. The van der Waals surface area contributed by atoms with Gasteiger partial charge in [0.1, 0.15) is 17.1 Å². The number of aromatic hydroxyl groups is 1. The molecule has 2 heterocycles. The fraction of sp³-hybridized carbons (Fsp3) is 0.222. The highest BCUT2D eigenvalue weighted by Crippen LogP contribution is 2.50. The second-order valence-electron chi connectivity index (χ2n) is 6.27. The number of aliphatic carboxylic acids is 1. The summed E-state index contributed by atoms with van der Waals surface area (Å²) < 4.78 is 5.40. The normalized spacial score (nSPS) is 20.5. The Morgan fingerprint density at radius 1 is 1.27 bits per heavy atom. The maximum atomic E-state index is 12.1. The van der Waals surface area contributed by atoms with Gasteiger partial charge in [-0.1, -0.05) is 17.7 Å². The van der Waals surface area contributed by atoms with Crippen molar-refractivity contribution in [2.75, 3.05) is 18.1 Å². The Morgan fingerprint density at radius 3 is 2.77 bits per heavy atom. The zero-order chi connectivity index (χ0) is 18.6. The van der Waals surface area contributed by atoms with Crippen LogP contribution in [-0.2, 0) is 21.6 Å². The van der Waals surface area contributed by atoms with Crippen LogP contribution >= 0.6 is 11.6 Å². The molecule has 26 heavy (non-hydrogen) atoms. The number of carbonyl (C=O) groups excluding carboxylic acids is 1. The molecular formula is C18H14ClNO6. The van der Waals surface area contributed by atoms with Gasteiger partial charge in [0.2, 0.25) is 0 Å². The van der Waals surface area contributed by atoms with Crippen LogP contribution in [-0.4, -0.2) is 40.3 Å². The first kappa shape index (κ1) is 16.7. The third-order valence-electron chi connectivity index (χ3n) is 4.76. The fourth-order valence-electron chi connectivity index (χ4n) is 3.60. The van der Waals surface area contributed by atoms with Crippen molar-refractivity contribution in [3.63, 3.8) is 0 Å². The van der Waals surface area contributed by atoms with Crippen LogP contribution in [0.3, 0.4) is 0 Å². The standard InChI is InChI=1S/C18H14ClNO6/c19-11-2-1-3-12-15(11)18(25,8-20(12)16(22)17(23)24)10-6-9-4-5-26-14(9)7-13(10)21/h1-3,6-7,21,25H,4-5,8H2,(H,23,24). The van der Waals surface area contributed by atoms with Crippen molar-refractivity contribution < 1.29 is 29.6 Å². The van der Waals surface area contributed by atoms with E-state index in [1.165, 1.54) is 18.2 Å². The average molecular weight is 376 g/mol. The lowest BCUT2D eigenvalue weighted by atomic mass is 9.86. The summed E-state index contributed by atoms with van der Waals surface area (Å²) in [6.45, 7) is 0.0992. The number of carboxylic acids is 1. The van der Waals surface area contributed by atoms with Gasteiger partial charge in [-0.15, -0.1) is 0 Å². The summed E-state index contributed by atoms with van der Waals surface area (Å²) in [5.74, 6) is -2.52. The minimum atomic E-state index is -1.85. The van der Waals surface area contributed by atoms with E-state index in [0.717, 1.165) is 10.5 Å². The van der Waals surface area contributed by atoms with Crippen molar-refractivity contribution in [2.24, 2.45) is 0 Å². The van der Waals surface area contributed by atoms with Gasteiger partial charge in [-0.2, -0.15) is 0 Å². The van der Waals surface area contributed by atoms with Crippen LogP contribution in [0.1, 0.15) is 16.7 Å². The van der Waals surface area contributed by atoms with E-state index in [1.807, 2.05) is 0 Å². The van der Waals surface area contributed by atoms with Crippen molar-refractivity contribution in [1.82, 2.24) is 0 Å². The van der Waals surface area contributed by atoms with Gasteiger partial charge in [-0.05, 0) is 23.8 Å². The number of hydrogen-bond donors (Lipinski definition) is 3. The van der Waals surface area contributed by atoms with Crippen LogP contribution < -0.4 is 9.64 Å². The molecule has 0 radical (unpaired) electrons. The number of phenols is 1. The molecule has 1 unspecified atom stereocenters. The molecule has 134 valence electrons. The second-order valence-corrected chi connectivity index (χ2v) is 6.67. The summed E-state index contributed by atoms with van der Waals surface area (Å²) in [7, 11) is 0. The second kappa shape index (κ2) is 5.62. The molecule has 0 aliphatic carbocycles. The van der Waals surface area contributed by atoms with E-state index in [1.54, 1.807) is 12.1 Å². The van der Waals surface area contributed by atoms with Crippen LogP contribution in [0.25, 0.3) is 0 Å². The van der Waals surface area contributed by atoms with Crippen LogP contribution in [0, 0.1) is 0 Å². The number of benzene rings is 2. The summed E-state index contributed by atoms with van der Waals surface area (Å²) in [5, 5.41) is 31.1. The SMILES string of the molecule is O=C(O)C(=O)N1CC(O)(c2cc3c(cc2O)OCC3)c2c(Cl)cccc21. The predicted molar refractivity (Wildman–Crippen MR) is 91.7 cm³/mol. The maximum absolute atomic E-state index is 12.1. The Bertz CT molecular complexity index is 959. The number of carboxylic acid groups (broad SMARTS) is 1. The van der Waals surface area contributed by atoms with Gasteiger partial charge in [0.15, 0.2) is 0 Å². The number of aliphatic hydroxyl groups is 1. The molecule has 0 aromatic heterocycles. The highest BCUT2D eigenvalue weighted by atomic mass is 35.5. The maximum Gasteiger partial charge on any atom is 0.394 e. The van der Waals surface area contributed by atoms with Crippen molar-refractivity contribution in [3.05, 3.63) is 52.0 Å². The lowest BCUT2D eigenvalue weighted by molar-refractivity contribution is -0.148. The zero-order valence-corrected chi connectivity index (χ0v) is 14.2. The van der Waals surface area contributed by atoms with Gasteiger partial charge in [0.25, 0.3) is 0 Å². The molecule has 0 fully saturated rings. The van der Waals surface area contributed by atoms with E-state index in [-0.39, 0.29) is 34.1 Å². The van der Waals surface area contributed by atoms with Gasteiger partial charge >= 0.3 is 11.9 Å². The summed E-state index contributed by atoms with van der Waals surface area (Å²) >= 11 is 6.27. The van der Waals surface area contributed by atoms with Crippen LogP contribution in [0.4, 0.5) is 5.69 Å². The quantitative estimate of drug-likeness (QED) is 0.654. The van der Waals surface area contributed by atoms with Crippen molar-refractivity contribution in [2.45, 2.75) is 12.0 Å². The minimum Gasteiger partial charge on any atom is -0.507 e. The van der Waals surface area contributed by atoms with E-state index in [4.69, 9.17) is 21.4 Å². The number of anilines is 1. The van der Waals surface area contributed by atoms with Gasteiger partial charge < -0.3 is 20.1 Å². The summed E-state index contributed by atoms with van der Waals surface area (Å²) in [6.07, 6.45) is 0.617. The van der Waals surface area contributed by atoms with Crippen LogP contribution in [0.5, 0.6) is 11.5 Å². The fourth-order valence-corrected chi connectivity index (χ4v) is 3.93. The summed E-state index contributed by atoms with van der Waals surface area (Å²) in [5.41, 5.74) is -0.505. The molecule has 0 spiro atoms. The van der Waals surface area contributed by atoms with E-state index >= 15 is 0 Å². The van der Waals surface area contributed by atoms with E-state index in [2.05, 4.69) is 0 Å². The minimum absolute atomic E-state index is 0.150. The first-order chi connectivity index (χ1) is 12.3. The summed E-state index contributed by atoms with van der Waals surface area (Å²) in [6, 6.07) is 7.62. The van der Waals surface area contributed by atoms with Gasteiger partial charge in [0, 0.05) is 28.6 Å². The molecule has 7 nitrogen and oxygen atoms in total. The van der Waals surface area contributed by atoms with Crippen molar-refractivity contribution in [3.8, 4) is 11.5 Å². The molecule has 0 bridgehead atoms. The highest BCUT2D eigenvalue weighted by Gasteiger charge is 2.49. The Labute approximate surface area is 153 Å². The number of β-amino-alcohol motifs (C(OH)–C–C–N with tert-alkyl or cyclic N) is 1. The predicted octanol–water partition coefficient (Wildman–Crippen LogP) is 1.65. The lowest BCUT2D eigenvalue weighted by Crippen LogP contribution is -2.41. The summed E-state index contributed by atoms with van der Waals surface area (Å²) in [4.78, 5) is 24.2. The number of halogens is 1. The molecule has 4 rings (SSSR count). The molecular weight excluding hydrogens is 362 g/mol. The van der Waals surface area contributed by atoms with E-state index in [0.29, 0.717) is 18.8 Å². The third kappa shape index (κ3) is 2.24. The largest absolute Gasteiger partial charge is 0.507 e. The number of amides is 1. The average Bonchev–Trinajstić information content (AvgIpc) is 3.16. The smallest absolute Gasteiger partial charge is 0.394 e. The molecule has 0 saturated heterocycles. The Kier molecular flexibility index (Phi) is 3.61. The Hall–Kier alpha value is -2.77. The molecule has 1 atom stereocenters. The van der Waals surface area contributed by atoms with Gasteiger partial charge in [-0.3, -0.25) is 9.69 Å². The molecule has 2 aliphatic heterocycles. The van der Waals surface area contributed by atoms with Crippen LogP contribution in [0.15, 0.2) is 30.3 Å². The number of nitrogens with zero attached hydrogens (tertiary/aromatic N) is 1. The number of rotatable bonds is 1. The highest BCUT2D eigenvalue weighted by molar-refractivity contribution is 6.38. The van der Waals surface area contributed by atoms with Gasteiger partial charge in [0.05, 0.1) is 18.8 Å². The first-order valence-corrected chi connectivity index (χ1v) is 8.26. The van der Waals surface area contributed by atoms with Crippen molar-refractivity contribution in [1.29, 1.82) is 0 Å². The van der Waals surface area contributed by atoms with Crippen LogP contribution in [0.2, 0.25) is 5.02 Å². The lowest BCUT2D eigenvalue weighted by Gasteiger charge is -2.26.